The van der Waals surface area contributed by atoms with Crippen molar-refractivity contribution in [3.05, 3.63) is 47.9 Å². The highest BCUT2D eigenvalue weighted by Gasteiger charge is 2.16. The number of carbonyl (C=O) groups is 1. The van der Waals surface area contributed by atoms with E-state index in [1.807, 2.05) is 24.3 Å². The molecular weight excluding hydrogens is 316 g/mol. The first kappa shape index (κ1) is 17.2. The number of nitrogens with zero attached hydrogens (tertiary/aromatic N) is 2. The Bertz CT molecular complexity index is 714. The van der Waals surface area contributed by atoms with Crippen LogP contribution in [0.1, 0.15) is 41.7 Å². The predicted octanol–water partition coefficient (Wildman–Crippen LogP) is 2.81. The second-order valence-electron chi connectivity index (χ2n) is 6.23. The molecule has 1 heterocycles. The number of hydrogen-bond acceptors (Lipinski definition) is 5. The third-order valence-corrected chi connectivity index (χ3v) is 4.48. The van der Waals surface area contributed by atoms with Gasteiger partial charge in [-0.15, -0.1) is 0 Å². The lowest BCUT2D eigenvalue weighted by Crippen LogP contribution is -2.27. The van der Waals surface area contributed by atoms with Gasteiger partial charge in [-0.25, -0.2) is 9.97 Å². The number of hydrogen-bond donors (Lipinski definition) is 2. The minimum atomic E-state index is -0.188. The molecule has 1 fully saturated rings. The van der Waals surface area contributed by atoms with Crippen LogP contribution in [0.2, 0.25) is 0 Å². The average Bonchev–Trinajstić information content (AvgIpc) is 3.15. The molecule has 0 radical (unpaired) electrons. The molecular formula is C19H24N4O2. The largest absolute Gasteiger partial charge is 0.496 e. The number of aromatic nitrogens is 2. The summed E-state index contributed by atoms with van der Waals surface area (Å²) >= 11 is 0. The van der Waals surface area contributed by atoms with Crippen molar-refractivity contribution >= 4 is 11.7 Å². The summed E-state index contributed by atoms with van der Waals surface area (Å²) in [7, 11) is 1.65. The molecule has 0 spiro atoms. The number of para-hydroxylation sites is 1. The van der Waals surface area contributed by atoms with Crippen LogP contribution in [0.15, 0.2) is 36.7 Å². The first-order chi connectivity index (χ1) is 12.3. The summed E-state index contributed by atoms with van der Waals surface area (Å²) in [5.41, 5.74) is 1.45. The normalized spacial score (nSPS) is 14.3. The van der Waals surface area contributed by atoms with Crippen molar-refractivity contribution in [3.63, 3.8) is 0 Å². The number of nitrogens with one attached hydrogen (secondary N) is 2. The minimum absolute atomic E-state index is 0.188. The quantitative estimate of drug-likeness (QED) is 0.810. The lowest BCUT2D eigenvalue weighted by molar-refractivity contribution is 0.0949. The standard InChI is InChI=1S/C19H24N4O2/c1-25-17-9-5-2-6-14(17)10-11-20-19(24)16-12-18(22-13-21-16)23-15-7-3-4-8-15/h2,5-6,9,12-13,15H,3-4,7-8,10-11H2,1H3,(H,20,24)(H,21,22,23). The predicted molar refractivity (Wildman–Crippen MR) is 96.9 cm³/mol. The Hall–Kier alpha value is -2.63. The number of anilines is 1. The van der Waals surface area contributed by atoms with Crippen LogP contribution in [0.25, 0.3) is 0 Å². The number of methoxy groups -OCH3 is 1. The fraction of sp³-hybridized carbons (Fsp3) is 0.421. The molecule has 2 aromatic rings. The Kier molecular flexibility index (Phi) is 5.82. The lowest BCUT2D eigenvalue weighted by atomic mass is 10.1. The summed E-state index contributed by atoms with van der Waals surface area (Å²) in [6.45, 7) is 0.522. The maximum absolute atomic E-state index is 12.3. The molecule has 6 heteroatoms. The molecule has 0 aliphatic heterocycles. The van der Waals surface area contributed by atoms with Crippen molar-refractivity contribution in [1.82, 2.24) is 15.3 Å². The van der Waals surface area contributed by atoms with E-state index in [4.69, 9.17) is 4.74 Å². The molecule has 25 heavy (non-hydrogen) atoms. The average molecular weight is 340 g/mol. The van der Waals surface area contributed by atoms with Crippen molar-refractivity contribution < 1.29 is 9.53 Å². The van der Waals surface area contributed by atoms with E-state index in [0.717, 1.165) is 30.0 Å². The van der Waals surface area contributed by atoms with E-state index < -0.39 is 0 Å². The molecule has 1 aliphatic carbocycles. The molecule has 0 unspecified atom stereocenters. The molecule has 1 saturated carbocycles. The van der Waals surface area contributed by atoms with Crippen molar-refractivity contribution in [2.45, 2.75) is 38.1 Å². The zero-order valence-electron chi connectivity index (χ0n) is 14.5. The zero-order valence-corrected chi connectivity index (χ0v) is 14.5. The Morgan fingerprint density at radius 1 is 1.24 bits per heavy atom. The van der Waals surface area contributed by atoms with Crippen LogP contribution in [-0.4, -0.2) is 35.6 Å². The molecule has 2 N–H and O–H groups in total. The third kappa shape index (κ3) is 4.68. The maximum atomic E-state index is 12.3. The van der Waals surface area contributed by atoms with E-state index in [0.29, 0.717) is 24.7 Å². The smallest absolute Gasteiger partial charge is 0.270 e. The summed E-state index contributed by atoms with van der Waals surface area (Å²) in [6, 6.07) is 9.99. The van der Waals surface area contributed by atoms with Gasteiger partial charge < -0.3 is 15.4 Å². The Morgan fingerprint density at radius 2 is 2.04 bits per heavy atom. The maximum Gasteiger partial charge on any atom is 0.270 e. The van der Waals surface area contributed by atoms with Gasteiger partial charge in [-0.1, -0.05) is 31.0 Å². The van der Waals surface area contributed by atoms with Crippen LogP contribution in [0, 0.1) is 0 Å². The highest BCUT2D eigenvalue weighted by atomic mass is 16.5. The summed E-state index contributed by atoms with van der Waals surface area (Å²) in [5, 5.41) is 6.29. The van der Waals surface area contributed by atoms with Gasteiger partial charge in [0.05, 0.1) is 7.11 Å². The third-order valence-electron chi connectivity index (χ3n) is 4.48. The molecule has 1 aromatic heterocycles. The van der Waals surface area contributed by atoms with Gasteiger partial charge in [0.1, 0.15) is 23.6 Å². The lowest BCUT2D eigenvalue weighted by Gasteiger charge is -2.13. The molecule has 0 saturated heterocycles. The fourth-order valence-electron chi connectivity index (χ4n) is 3.15. The number of amides is 1. The van der Waals surface area contributed by atoms with Crippen LogP contribution >= 0.6 is 0 Å². The van der Waals surface area contributed by atoms with E-state index in [1.54, 1.807) is 13.2 Å². The highest BCUT2D eigenvalue weighted by Crippen LogP contribution is 2.21. The zero-order chi connectivity index (χ0) is 17.5. The molecule has 1 amide bonds. The molecule has 1 aliphatic rings. The molecule has 132 valence electrons. The number of carbonyl (C=O) groups excluding carboxylic acids is 1. The van der Waals surface area contributed by atoms with Crippen LogP contribution < -0.4 is 15.4 Å². The van der Waals surface area contributed by atoms with Gasteiger partial charge in [-0.05, 0) is 30.9 Å². The summed E-state index contributed by atoms with van der Waals surface area (Å²) < 4.78 is 5.32. The molecule has 6 nitrogen and oxygen atoms in total. The van der Waals surface area contributed by atoms with Gasteiger partial charge in [0.2, 0.25) is 0 Å². The number of rotatable bonds is 7. The van der Waals surface area contributed by atoms with Gasteiger partial charge in [0, 0.05) is 18.7 Å². The van der Waals surface area contributed by atoms with Gasteiger partial charge >= 0.3 is 0 Å². The first-order valence-electron chi connectivity index (χ1n) is 8.75. The summed E-state index contributed by atoms with van der Waals surface area (Å²) in [6.07, 6.45) is 6.95. The Labute approximate surface area is 148 Å². The first-order valence-corrected chi connectivity index (χ1v) is 8.75. The van der Waals surface area contributed by atoms with E-state index in [1.165, 1.54) is 19.2 Å². The number of ether oxygens (including phenoxy) is 1. The van der Waals surface area contributed by atoms with Gasteiger partial charge in [0.15, 0.2) is 0 Å². The van der Waals surface area contributed by atoms with Crippen molar-refractivity contribution in [2.75, 3.05) is 19.0 Å². The van der Waals surface area contributed by atoms with E-state index in [-0.39, 0.29) is 5.91 Å². The molecule has 0 bridgehead atoms. The van der Waals surface area contributed by atoms with Gasteiger partial charge in [-0.2, -0.15) is 0 Å². The van der Waals surface area contributed by atoms with Crippen LogP contribution in [0.5, 0.6) is 5.75 Å². The SMILES string of the molecule is COc1ccccc1CCNC(=O)c1cc(NC2CCCC2)ncn1. The molecule has 3 rings (SSSR count). The van der Waals surface area contributed by atoms with Gasteiger partial charge in [0.25, 0.3) is 5.91 Å². The van der Waals surface area contributed by atoms with Crippen LogP contribution in [-0.2, 0) is 6.42 Å². The van der Waals surface area contributed by atoms with E-state index in [9.17, 15) is 4.79 Å². The summed E-state index contributed by atoms with van der Waals surface area (Å²) in [4.78, 5) is 20.6. The van der Waals surface area contributed by atoms with Gasteiger partial charge in [-0.3, -0.25) is 4.79 Å². The second-order valence-corrected chi connectivity index (χ2v) is 6.23. The van der Waals surface area contributed by atoms with Crippen molar-refractivity contribution in [3.8, 4) is 5.75 Å². The second kappa shape index (κ2) is 8.46. The Morgan fingerprint density at radius 3 is 2.84 bits per heavy atom. The van der Waals surface area contributed by atoms with Crippen molar-refractivity contribution in [1.29, 1.82) is 0 Å². The topological polar surface area (TPSA) is 76.1 Å². The minimum Gasteiger partial charge on any atom is -0.496 e. The fourth-order valence-corrected chi connectivity index (χ4v) is 3.15. The Balaban J connectivity index is 1.54. The molecule has 0 atom stereocenters. The molecule has 1 aromatic carbocycles. The number of benzene rings is 1. The van der Waals surface area contributed by atoms with E-state index >= 15 is 0 Å². The van der Waals surface area contributed by atoms with Crippen LogP contribution in [0.3, 0.4) is 0 Å². The summed E-state index contributed by atoms with van der Waals surface area (Å²) in [5.74, 6) is 1.37. The monoisotopic (exact) mass is 340 g/mol. The van der Waals surface area contributed by atoms with E-state index in [2.05, 4.69) is 20.6 Å². The highest BCUT2D eigenvalue weighted by molar-refractivity contribution is 5.92. The van der Waals surface area contributed by atoms with Crippen molar-refractivity contribution in [2.24, 2.45) is 0 Å². The van der Waals surface area contributed by atoms with Crippen LogP contribution in [0.4, 0.5) is 5.82 Å².